The molecule has 1 aliphatic rings. The Labute approximate surface area is 108 Å². The van der Waals surface area contributed by atoms with Crippen molar-refractivity contribution in [1.29, 1.82) is 0 Å². The van der Waals surface area contributed by atoms with Crippen molar-refractivity contribution in [2.24, 2.45) is 4.99 Å². The molecule has 0 radical (unpaired) electrons. The molecule has 0 aromatic heterocycles. The van der Waals surface area contributed by atoms with Crippen molar-refractivity contribution in [3.8, 4) is 0 Å². The summed E-state index contributed by atoms with van der Waals surface area (Å²) < 4.78 is 0. The second-order valence-electron chi connectivity index (χ2n) is 5.39. The summed E-state index contributed by atoms with van der Waals surface area (Å²) in [7, 11) is 0. The first kappa shape index (κ1) is 12.5. The van der Waals surface area contributed by atoms with E-state index in [1.165, 1.54) is 11.3 Å². The first-order chi connectivity index (χ1) is 7.98. The number of benzene rings is 1. The normalized spacial score (nSPS) is 18.3. The van der Waals surface area contributed by atoms with Crippen molar-refractivity contribution < 1.29 is 0 Å². The molecule has 0 spiro atoms. The van der Waals surface area contributed by atoms with E-state index in [1.54, 1.807) is 11.8 Å². The van der Waals surface area contributed by atoms with Crippen LogP contribution in [0.2, 0.25) is 0 Å². The van der Waals surface area contributed by atoms with E-state index >= 15 is 0 Å². The van der Waals surface area contributed by atoms with E-state index in [-0.39, 0.29) is 5.54 Å². The summed E-state index contributed by atoms with van der Waals surface area (Å²) in [5, 5.41) is 4.50. The van der Waals surface area contributed by atoms with Gasteiger partial charge in [0.1, 0.15) is 0 Å². The Morgan fingerprint density at radius 3 is 2.59 bits per heavy atom. The molecule has 2 rings (SSSR count). The number of hydrogen-bond donors (Lipinski definition) is 1. The van der Waals surface area contributed by atoms with Crippen LogP contribution in [-0.4, -0.2) is 16.5 Å². The monoisotopic (exact) mass is 248 g/mol. The van der Waals surface area contributed by atoms with E-state index in [0.29, 0.717) is 5.92 Å². The molecular weight excluding hydrogens is 228 g/mol. The van der Waals surface area contributed by atoms with Crippen LogP contribution in [0.15, 0.2) is 29.3 Å². The maximum Gasteiger partial charge on any atom is 0.161 e. The van der Waals surface area contributed by atoms with Gasteiger partial charge in [-0.2, -0.15) is 0 Å². The van der Waals surface area contributed by atoms with Gasteiger partial charge in [-0.25, -0.2) is 0 Å². The smallest absolute Gasteiger partial charge is 0.161 e. The lowest BCUT2D eigenvalue weighted by Gasteiger charge is -2.14. The summed E-state index contributed by atoms with van der Waals surface area (Å²) in [6, 6.07) is 8.47. The van der Waals surface area contributed by atoms with Gasteiger partial charge in [-0.3, -0.25) is 4.99 Å². The Morgan fingerprint density at radius 2 is 2.00 bits per heavy atom. The van der Waals surface area contributed by atoms with E-state index in [0.717, 1.165) is 10.9 Å². The minimum Gasteiger partial charge on any atom is -0.335 e. The van der Waals surface area contributed by atoms with Crippen molar-refractivity contribution in [1.82, 2.24) is 0 Å². The molecule has 92 valence electrons. The molecule has 1 aliphatic heterocycles. The highest BCUT2D eigenvalue weighted by Crippen LogP contribution is 2.30. The summed E-state index contributed by atoms with van der Waals surface area (Å²) in [4.78, 5) is 4.68. The van der Waals surface area contributed by atoms with Crippen LogP contribution in [0.25, 0.3) is 0 Å². The van der Waals surface area contributed by atoms with Crippen molar-refractivity contribution in [2.75, 3.05) is 11.1 Å². The first-order valence-corrected chi connectivity index (χ1v) is 7.05. The molecule has 0 fully saturated rings. The second-order valence-corrected chi connectivity index (χ2v) is 6.35. The Balaban J connectivity index is 2.20. The first-order valence-electron chi connectivity index (χ1n) is 6.06. The lowest BCUT2D eigenvalue weighted by molar-refractivity contribution is 0.605. The van der Waals surface area contributed by atoms with E-state index in [4.69, 9.17) is 0 Å². The second kappa shape index (κ2) is 4.73. The maximum atomic E-state index is 4.68. The fourth-order valence-corrected chi connectivity index (χ4v) is 2.93. The molecular formula is C14H20N2S. The summed E-state index contributed by atoms with van der Waals surface area (Å²) >= 11 is 1.80. The average Bonchev–Trinajstić information content (AvgIpc) is 2.58. The highest BCUT2D eigenvalue weighted by Gasteiger charge is 2.25. The quantitative estimate of drug-likeness (QED) is 0.852. The van der Waals surface area contributed by atoms with Gasteiger partial charge in [0.15, 0.2) is 5.17 Å². The Morgan fingerprint density at radius 1 is 1.29 bits per heavy atom. The summed E-state index contributed by atoms with van der Waals surface area (Å²) in [6.07, 6.45) is 0. The van der Waals surface area contributed by atoms with Gasteiger partial charge in [-0.05, 0) is 31.4 Å². The number of hydrogen-bond acceptors (Lipinski definition) is 3. The zero-order valence-corrected chi connectivity index (χ0v) is 11.8. The largest absolute Gasteiger partial charge is 0.335 e. The number of nitrogens with one attached hydrogen (secondary N) is 1. The van der Waals surface area contributed by atoms with Crippen LogP contribution < -0.4 is 5.32 Å². The van der Waals surface area contributed by atoms with E-state index in [1.807, 2.05) is 0 Å². The van der Waals surface area contributed by atoms with E-state index < -0.39 is 0 Å². The van der Waals surface area contributed by atoms with Gasteiger partial charge in [-0.1, -0.05) is 43.8 Å². The van der Waals surface area contributed by atoms with Gasteiger partial charge in [0, 0.05) is 11.4 Å². The molecule has 0 aliphatic carbocycles. The molecule has 0 saturated carbocycles. The molecule has 0 atom stereocenters. The third-order valence-corrected chi connectivity index (χ3v) is 4.11. The number of aliphatic imine (C=N–C) groups is 1. The molecule has 17 heavy (non-hydrogen) atoms. The predicted molar refractivity (Wildman–Crippen MR) is 78.1 cm³/mol. The molecule has 1 heterocycles. The molecule has 0 amide bonds. The molecule has 1 aromatic carbocycles. The lowest BCUT2D eigenvalue weighted by Crippen LogP contribution is -2.15. The molecule has 3 heteroatoms. The molecule has 2 nitrogen and oxygen atoms in total. The van der Waals surface area contributed by atoms with Gasteiger partial charge in [0.2, 0.25) is 0 Å². The molecule has 0 unspecified atom stereocenters. The average molecular weight is 248 g/mol. The van der Waals surface area contributed by atoms with Crippen LogP contribution in [0.3, 0.4) is 0 Å². The van der Waals surface area contributed by atoms with Gasteiger partial charge in [0.05, 0.1) is 5.54 Å². The Hall–Kier alpha value is -0.960. The number of rotatable bonds is 2. The fourth-order valence-electron chi connectivity index (χ4n) is 1.88. The summed E-state index contributed by atoms with van der Waals surface area (Å²) in [5.74, 6) is 1.58. The fraction of sp³-hybridized carbons (Fsp3) is 0.500. The standard InChI is InChI=1S/C14H20N2S/c1-10(2)11-7-5-6-8-12(11)15-13-16-14(3,4)9-17-13/h5-8,10H,9H2,1-4H3,(H,15,16). The van der Waals surface area contributed by atoms with Crippen LogP contribution in [0.5, 0.6) is 0 Å². The van der Waals surface area contributed by atoms with Crippen LogP contribution >= 0.6 is 11.8 Å². The van der Waals surface area contributed by atoms with Crippen LogP contribution in [0.1, 0.15) is 39.2 Å². The van der Waals surface area contributed by atoms with Crippen LogP contribution in [-0.2, 0) is 0 Å². The van der Waals surface area contributed by atoms with Gasteiger partial charge in [0.25, 0.3) is 0 Å². The van der Waals surface area contributed by atoms with Gasteiger partial charge >= 0.3 is 0 Å². The summed E-state index contributed by atoms with van der Waals surface area (Å²) in [6.45, 7) is 8.77. The van der Waals surface area contributed by atoms with E-state index in [9.17, 15) is 0 Å². The minimum absolute atomic E-state index is 0.0692. The third kappa shape index (κ3) is 3.03. The van der Waals surface area contributed by atoms with Crippen molar-refractivity contribution in [3.05, 3.63) is 29.8 Å². The zero-order chi connectivity index (χ0) is 12.5. The van der Waals surface area contributed by atoms with Crippen molar-refractivity contribution >= 4 is 22.6 Å². The maximum absolute atomic E-state index is 4.68. The molecule has 1 N–H and O–H groups in total. The number of thioether (sulfide) groups is 1. The summed E-state index contributed by atoms with van der Waals surface area (Å²) in [5.41, 5.74) is 2.60. The zero-order valence-electron chi connectivity index (χ0n) is 10.9. The number of nitrogens with zero attached hydrogens (tertiary/aromatic N) is 1. The van der Waals surface area contributed by atoms with Crippen LogP contribution in [0, 0.1) is 0 Å². The predicted octanol–water partition coefficient (Wildman–Crippen LogP) is 4.10. The van der Waals surface area contributed by atoms with Crippen molar-refractivity contribution in [2.45, 2.75) is 39.2 Å². The highest BCUT2D eigenvalue weighted by atomic mass is 32.2. The van der Waals surface area contributed by atoms with Crippen molar-refractivity contribution in [3.63, 3.8) is 0 Å². The number of para-hydroxylation sites is 1. The molecule has 0 bridgehead atoms. The third-order valence-electron chi connectivity index (χ3n) is 2.79. The lowest BCUT2D eigenvalue weighted by atomic mass is 10.0. The van der Waals surface area contributed by atoms with E-state index in [2.05, 4.69) is 62.3 Å². The SMILES string of the molecule is CC(C)c1ccccc1NC1=NC(C)(C)CS1. The Bertz CT molecular complexity index is 436. The number of amidine groups is 1. The Kier molecular flexibility index (Phi) is 3.48. The van der Waals surface area contributed by atoms with Gasteiger partial charge in [-0.15, -0.1) is 0 Å². The van der Waals surface area contributed by atoms with Crippen LogP contribution in [0.4, 0.5) is 5.69 Å². The number of anilines is 1. The topological polar surface area (TPSA) is 24.4 Å². The highest BCUT2D eigenvalue weighted by molar-refractivity contribution is 8.14. The molecule has 0 saturated heterocycles. The minimum atomic E-state index is 0.0692. The van der Waals surface area contributed by atoms with Gasteiger partial charge < -0.3 is 5.32 Å². The molecule has 1 aromatic rings.